The van der Waals surface area contributed by atoms with Crippen molar-refractivity contribution in [3.8, 4) is 0 Å². The van der Waals surface area contributed by atoms with Gasteiger partial charge in [0.05, 0.1) is 17.8 Å². The quantitative estimate of drug-likeness (QED) is 0.175. The van der Waals surface area contributed by atoms with Crippen LogP contribution in [0.15, 0.2) is 53.5 Å². The largest absolute Gasteiger partial charge is 0.443 e. The molecular weight excluding hydrogens is 572 g/mol. The Balaban J connectivity index is 1.94. The van der Waals surface area contributed by atoms with Crippen LogP contribution in [0.1, 0.15) is 57.7 Å². The number of hydrogen-bond donors (Lipinski definition) is 2. The molecule has 0 aliphatic carbocycles. The number of anilines is 1. The lowest BCUT2D eigenvalue weighted by Gasteiger charge is -2.22. The Morgan fingerprint density at radius 2 is 1.81 bits per heavy atom. The molecule has 0 aliphatic rings. The van der Waals surface area contributed by atoms with Crippen molar-refractivity contribution in [2.75, 3.05) is 12.4 Å². The van der Waals surface area contributed by atoms with Crippen molar-refractivity contribution in [3.05, 3.63) is 76.1 Å². The molecule has 13 heteroatoms. The molecule has 43 heavy (non-hydrogen) atoms. The number of aryl methyl sites for hydroxylation is 1. The SMILES string of the molecule is CNC(=O)/C=C/CCCC(=O)Nc1cccn(Cc2cc3cc(F)cc(CCC(F)(F)F)c3n2C(=O)OC(C)(C)C)c1=O. The molecule has 2 heterocycles. The molecule has 0 fully saturated rings. The number of nitrogens with one attached hydrogen (secondary N) is 2. The van der Waals surface area contributed by atoms with Crippen molar-refractivity contribution >= 4 is 34.5 Å². The molecule has 0 radical (unpaired) electrons. The Morgan fingerprint density at radius 3 is 2.47 bits per heavy atom. The molecule has 2 aromatic heterocycles. The maximum atomic E-state index is 14.5. The Kier molecular flexibility index (Phi) is 10.5. The van der Waals surface area contributed by atoms with Crippen LogP contribution in [0.25, 0.3) is 10.9 Å². The number of pyridine rings is 1. The molecule has 0 unspecified atom stereocenters. The van der Waals surface area contributed by atoms with E-state index < -0.39 is 48.0 Å². The first-order valence-electron chi connectivity index (χ1n) is 13.6. The van der Waals surface area contributed by atoms with Gasteiger partial charge in [-0.15, -0.1) is 0 Å². The van der Waals surface area contributed by atoms with Crippen molar-refractivity contribution in [1.29, 1.82) is 0 Å². The minimum absolute atomic E-state index is 0.0229. The highest BCUT2D eigenvalue weighted by Crippen LogP contribution is 2.30. The van der Waals surface area contributed by atoms with Gasteiger partial charge in [-0.3, -0.25) is 14.4 Å². The molecule has 3 rings (SSSR count). The predicted molar refractivity (Wildman–Crippen MR) is 153 cm³/mol. The van der Waals surface area contributed by atoms with Crippen LogP contribution in [0.3, 0.4) is 0 Å². The van der Waals surface area contributed by atoms with Crippen LogP contribution in [-0.2, 0) is 27.3 Å². The van der Waals surface area contributed by atoms with Gasteiger partial charge in [0.1, 0.15) is 17.1 Å². The second-order valence-corrected chi connectivity index (χ2v) is 10.9. The summed E-state index contributed by atoms with van der Waals surface area (Å²) in [5, 5.41) is 5.17. The van der Waals surface area contributed by atoms with Crippen LogP contribution in [0, 0.1) is 5.82 Å². The Bertz CT molecular complexity index is 1580. The zero-order valence-corrected chi connectivity index (χ0v) is 24.3. The number of halogens is 4. The van der Waals surface area contributed by atoms with E-state index in [0.29, 0.717) is 12.8 Å². The minimum Gasteiger partial charge on any atom is -0.443 e. The number of amides is 2. The summed E-state index contributed by atoms with van der Waals surface area (Å²) in [6, 6.07) is 6.40. The van der Waals surface area contributed by atoms with Crippen molar-refractivity contribution in [1.82, 2.24) is 14.5 Å². The van der Waals surface area contributed by atoms with Crippen molar-refractivity contribution in [3.63, 3.8) is 0 Å². The zero-order valence-electron chi connectivity index (χ0n) is 24.3. The number of fused-ring (bicyclic) bond motifs is 1. The van der Waals surface area contributed by atoms with E-state index in [0.717, 1.165) is 16.7 Å². The molecule has 0 bridgehead atoms. The summed E-state index contributed by atoms with van der Waals surface area (Å²) in [5.74, 6) is -1.46. The summed E-state index contributed by atoms with van der Waals surface area (Å²) in [6.45, 7) is 4.63. The molecule has 0 saturated carbocycles. The average molecular weight is 607 g/mol. The van der Waals surface area contributed by atoms with Gasteiger partial charge in [-0.25, -0.2) is 13.8 Å². The Morgan fingerprint density at radius 1 is 1.09 bits per heavy atom. The molecule has 0 atom stereocenters. The molecule has 2 amide bonds. The van der Waals surface area contributed by atoms with E-state index >= 15 is 0 Å². The molecule has 0 saturated heterocycles. The van der Waals surface area contributed by atoms with Gasteiger partial charge in [0.25, 0.3) is 5.56 Å². The summed E-state index contributed by atoms with van der Waals surface area (Å²) in [5.41, 5.74) is -1.40. The lowest BCUT2D eigenvalue weighted by atomic mass is 10.1. The number of likely N-dealkylation sites (N-methyl/N-ethyl adjacent to an activating group) is 1. The van der Waals surface area contributed by atoms with Crippen LogP contribution in [0.2, 0.25) is 0 Å². The first-order valence-corrected chi connectivity index (χ1v) is 13.6. The number of hydrogen-bond acceptors (Lipinski definition) is 5. The number of ether oxygens (including phenoxy) is 1. The molecule has 0 spiro atoms. The number of benzene rings is 1. The number of aromatic nitrogens is 2. The molecule has 3 aromatic rings. The maximum Gasteiger partial charge on any atom is 0.419 e. The summed E-state index contributed by atoms with van der Waals surface area (Å²) >= 11 is 0. The van der Waals surface area contributed by atoms with Crippen molar-refractivity contribution in [2.45, 2.75) is 71.2 Å². The zero-order chi connectivity index (χ0) is 31.9. The summed E-state index contributed by atoms with van der Waals surface area (Å²) in [7, 11) is 1.50. The third-order valence-corrected chi connectivity index (χ3v) is 6.19. The second-order valence-electron chi connectivity index (χ2n) is 10.9. The van der Waals surface area contributed by atoms with Crippen LogP contribution in [-0.4, -0.2) is 45.9 Å². The molecule has 2 N–H and O–H groups in total. The maximum absolute atomic E-state index is 14.5. The summed E-state index contributed by atoms with van der Waals surface area (Å²) < 4.78 is 61.4. The normalized spacial score (nSPS) is 12.1. The standard InChI is InChI=1S/C30H34F4N4O5/c1-29(2,3)43-28(42)38-22(17-20-16-21(31)15-19(26(20)38)12-13-30(32,33)34)18-37-14-8-9-23(27(37)41)36-25(40)11-7-5-6-10-24(39)35-4/h6,8-10,14-17H,5,7,11-13,18H2,1-4H3,(H,35,39)(H,36,40)/b10-6+. The van der Waals surface area contributed by atoms with E-state index in [4.69, 9.17) is 4.74 Å². The first kappa shape index (κ1) is 33.1. The van der Waals surface area contributed by atoms with Gasteiger partial charge in [-0.1, -0.05) is 6.08 Å². The van der Waals surface area contributed by atoms with E-state index in [-0.39, 0.29) is 46.7 Å². The molecule has 0 aliphatic heterocycles. The van der Waals surface area contributed by atoms with Gasteiger partial charge >= 0.3 is 12.3 Å². The fourth-order valence-corrected chi connectivity index (χ4v) is 4.35. The Labute approximate surface area is 245 Å². The molecular formula is C30H34F4N4O5. The van der Waals surface area contributed by atoms with Gasteiger partial charge in [0.2, 0.25) is 11.8 Å². The topological polar surface area (TPSA) is 111 Å². The van der Waals surface area contributed by atoms with E-state index in [1.807, 2.05) is 0 Å². The molecule has 232 valence electrons. The van der Waals surface area contributed by atoms with Gasteiger partial charge in [-0.05, 0) is 82.0 Å². The number of allylic oxidation sites excluding steroid dienone is 1. The summed E-state index contributed by atoms with van der Waals surface area (Å²) in [6.07, 6.45) is -1.81. The summed E-state index contributed by atoms with van der Waals surface area (Å²) in [4.78, 5) is 50.2. The third-order valence-electron chi connectivity index (χ3n) is 6.19. The number of alkyl halides is 3. The Hall–Kier alpha value is -4.42. The first-order chi connectivity index (χ1) is 20.1. The predicted octanol–water partition coefficient (Wildman–Crippen LogP) is 5.68. The number of nitrogens with zero attached hydrogens (tertiary/aromatic N) is 2. The van der Waals surface area contributed by atoms with Crippen molar-refractivity contribution < 1.29 is 36.7 Å². The highest BCUT2D eigenvalue weighted by molar-refractivity contribution is 5.93. The van der Waals surface area contributed by atoms with Crippen LogP contribution in [0.4, 0.5) is 28.0 Å². The van der Waals surface area contributed by atoms with Crippen molar-refractivity contribution in [2.24, 2.45) is 0 Å². The number of carbonyl (C=O) groups excluding carboxylic acids is 3. The van der Waals surface area contributed by atoms with Crippen LogP contribution < -0.4 is 16.2 Å². The lowest BCUT2D eigenvalue weighted by Crippen LogP contribution is -2.30. The molecule has 9 nitrogen and oxygen atoms in total. The highest BCUT2D eigenvalue weighted by Gasteiger charge is 2.29. The monoisotopic (exact) mass is 606 g/mol. The number of carbonyl (C=O) groups is 3. The average Bonchev–Trinajstić information content (AvgIpc) is 3.25. The highest BCUT2D eigenvalue weighted by atomic mass is 19.4. The van der Waals surface area contributed by atoms with Gasteiger partial charge in [-0.2, -0.15) is 13.2 Å². The van der Waals surface area contributed by atoms with Gasteiger partial charge < -0.3 is 19.9 Å². The van der Waals surface area contributed by atoms with Crippen LogP contribution >= 0.6 is 0 Å². The number of unbranched alkanes of at least 4 members (excludes halogenated alkanes) is 1. The minimum atomic E-state index is -4.51. The van der Waals surface area contributed by atoms with E-state index in [2.05, 4.69) is 10.6 Å². The second kappa shape index (κ2) is 13.7. The fraction of sp³-hybridized carbons (Fsp3) is 0.400. The smallest absolute Gasteiger partial charge is 0.419 e. The van der Waals surface area contributed by atoms with E-state index in [1.54, 1.807) is 26.8 Å². The number of rotatable bonds is 10. The van der Waals surface area contributed by atoms with Gasteiger partial charge in [0, 0.05) is 31.5 Å². The fourth-order valence-electron chi connectivity index (χ4n) is 4.35. The van der Waals surface area contributed by atoms with E-state index in [9.17, 15) is 36.7 Å². The molecule has 1 aromatic carbocycles. The van der Waals surface area contributed by atoms with Gasteiger partial charge in [0.15, 0.2) is 0 Å². The van der Waals surface area contributed by atoms with Crippen LogP contribution in [0.5, 0.6) is 0 Å². The lowest BCUT2D eigenvalue weighted by molar-refractivity contribution is -0.134. The third kappa shape index (κ3) is 9.55. The van der Waals surface area contributed by atoms with E-state index in [1.165, 1.54) is 42.1 Å².